The minimum Gasteiger partial charge on any atom is -0.328 e. The molecule has 0 amide bonds. The SMILES string of the molecule is CCn1ncc2c(F)cc(-c3ccc(C4C/C=C\C(S(=O)(=O)C(C)C)CC(N)C4)c(=O)[nH]3)cc21. The van der Waals surface area contributed by atoms with E-state index in [2.05, 4.69) is 10.1 Å². The van der Waals surface area contributed by atoms with Crippen molar-refractivity contribution in [2.24, 2.45) is 5.73 Å². The van der Waals surface area contributed by atoms with Gasteiger partial charge in [-0.15, -0.1) is 0 Å². The minimum atomic E-state index is -3.29. The molecule has 0 bridgehead atoms. The highest BCUT2D eigenvalue weighted by atomic mass is 32.2. The fraction of sp³-hybridized carbons (Fsp3) is 0.440. The van der Waals surface area contributed by atoms with Crippen LogP contribution in [0.1, 0.15) is 51.5 Å². The van der Waals surface area contributed by atoms with Crippen LogP contribution in [0, 0.1) is 5.82 Å². The normalized spacial score (nSPS) is 22.6. The fourth-order valence-corrected chi connectivity index (χ4v) is 6.24. The highest BCUT2D eigenvalue weighted by Gasteiger charge is 2.31. The van der Waals surface area contributed by atoms with Gasteiger partial charge < -0.3 is 10.7 Å². The van der Waals surface area contributed by atoms with Gasteiger partial charge in [-0.3, -0.25) is 9.48 Å². The molecule has 0 saturated carbocycles. The number of rotatable bonds is 5. The molecule has 2 aromatic heterocycles. The zero-order valence-electron chi connectivity index (χ0n) is 19.7. The third-order valence-corrected chi connectivity index (χ3v) is 9.18. The summed E-state index contributed by atoms with van der Waals surface area (Å²) in [6.45, 7) is 5.90. The summed E-state index contributed by atoms with van der Waals surface area (Å²) >= 11 is 0. The number of nitrogens with zero attached hydrogens (tertiary/aromatic N) is 2. The summed E-state index contributed by atoms with van der Waals surface area (Å²) in [7, 11) is -3.29. The van der Waals surface area contributed by atoms with Crippen LogP contribution in [-0.2, 0) is 16.4 Å². The molecule has 7 nitrogen and oxygen atoms in total. The van der Waals surface area contributed by atoms with Crippen molar-refractivity contribution in [3.63, 3.8) is 0 Å². The van der Waals surface area contributed by atoms with E-state index in [1.54, 1.807) is 36.7 Å². The Labute approximate surface area is 198 Å². The van der Waals surface area contributed by atoms with Gasteiger partial charge in [-0.2, -0.15) is 5.10 Å². The van der Waals surface area contributed by atoms with Gasteiger partial charge in [0.15, 0.2) is 9.84 Å². The number of halogens is 1. The van der Waals surface area contributed by atoms with Gasteiger partial charge in [0, 0.05) is 29.4 Å². The molecule has 2 heterocycles. The zero-order chi connectivity index (χ0) is 24.6. The number of aryl methyl sites for hydroxylation is 1. The lowest BCUT2D eigenvalue weighted by Gasteiger charge is -2.26. The average Bonchev–Trinajstić information content (AvgIpc) is 3.19. The summed E-state index contributed by atoms with van der Waals surface area (Å²) in [4.78, 5) is 15.9. The quantitative estimate of drug-likeness (QED) is 0.532. The first-order valence-electron chi connectivity index (χ1n) is 11.6. The van der Waals surface area contributed by atoms with E-state index in [0.717, 1.165) is 0 Å². The van der Waals surface area contributed by atoms with E-state index in [9.17, 15) is 17.6 Å². The zero-order valence-corrected chi connectivity index (χ0v) is 20.5. The molecule has 3 aromatic rings. The number of pyridine rings is 1. The van der Waals surface area contributed by atoms with Crippen LogP contribution in [0.4, 0.5) is 4.39 Å². The van der Waals surface area contributed by atoms with E-state index in [-0.39, 0.29) is 23.3 Å². The third kappa shape index (κ3) is 4.59. The van der Waals surface area contributed by atoms with Gasteiger partial charge in [0.1, 0.15) is 5.82 Å². The summed E-state index contributed by atoms with van der Waals surface area (Å²) in [5.74, 6) is -0.522. The number of nitrogens with two attached hydrogens (primary N) is 1. The summed E-state index contributed by atoms with van der Waals surface area (Å²) in [6.07, 6.45) is 6.44. The first kappa shape index (κ1) is 24.3. The monoisotopic (exact) mass is 486 g/mol. The molecule has 0 fully saturated rings. The molecule has 9 heteroatoms. The number of benzene rings is 1. The first-order valence-corrected chi connectivity index (χ1v) is 13.3. The van der Waals surface area contributed by atoms with Crippen LogP contribution in [0.15, 0.2) is 47.4 Å². The number of allylic oxidation sites excluding steroid dienone is 1. The van der Waals surface area contributed by atoms with Gasteiger partial charge >= 0.3 is 0 Å². The minimum absolute atomic E-state index is 0.132. The number of nitrogens with one attached hydrogen (secondary N) is 1. The molecule has 182 valence electrons. The van der Waals surface area contributed by atoms with Crippen LogP contribution in [0.2, 0.25) is 0 Å². The Morgan fingerprint density at radius 2 is 2.03 bits per heavy atom. The molecule has 3 atom stereocenters. The van der Waals surface area contributed by atoms with Gasteiger partial charge in [0.05, 0.1) is 27.6 Å². The van der Waals surface area contributed by atoms with Crippen molar-refractivity contribution in [1.29, 1.82) is 0 Å². The molecular weight excluding hydrogens is 455 g/mol. The van der Waals surface area contributed by atoms with E-state index in [1.807, 2.05) is 19.1 Å². The highest BCUT2D eigenvalue weighted by molar-refractivity contribution is 7.92. The van der Waals surface area contributed by atoms with Crippen LogP contribution >= 0.6 is 0 Å². The largest absolute Gasteiger partial charge is 0.328 e. The smallest absolute Gasteiger partial charge is 0.251 e. The van der Waals surface area contributed by atoms with Gasteiger partial charge in [-0.05, 0) is 64.2 Å². The molecule has 3 N–H and O–H groups in total. The number of H-pyrrole nitrogens is 1. The Morgan fingerprint density at radius 1 is 1.26 bits per heavy atom. The number of sulfone groups is 1. The van der Waals surface area contributed by atoms with Crippen molar-refractivity contribution in [1.82, 2.24) is 14.8 Å². The van der Waals surface area contributed by atoms with Crippen molar-refractivity contribution in [2.75, 3.05) is 0 Å². The maximum absolute atomic E-state index is 14.6. The Morgan fingerprint density at radius 3 is 2.71 bits per heavy atom. The molecule has 1 aliphatic rings. The maximum Gasteiger partial charge on any atom is 0.251 e. The van der Waals surface area contributed by atoms with E-state index in [4.69, 9.17) is 5.73 Å². The number of aromatic amines is 1. The standard InChI is InChI=1S/C25H31FN4O3S/c1-4-30-24-12-17(11-22(26)21(24)14-28-30)23-9-8-20(25(31)29-23)16-6-5-7-19(13-18(27)10-16)34(32,33)15(2)3/h5,7-9,11-12,14-16,18-19H,4,6,10,13,27H2,1-3H3,(H,29,31)/b7-5-. The highest BCUT2D eigenvalue weighted by Crippen LogP contribution is 2.30. The molecule has 4 rings (SSSR count). The van der Waals surface area contributed by atoms with E-state index in [0.29, 0.717) is 53.5 Å². The van der Waals surface area contributed by atoms with Gasteiger partial charge in [0.25, 0.3) is 5.56 Å². The van der Waals surface area contributed by atoms with Crippen LogP contribution in [0.3, 0.4) is 0 Å². The van der Waals surface area contributed by atoms with Gasteiger partial charge in [0.2, 0.25) is 0 Å². The Hall–Kier alpha value is -2.78. The predicted molar refractivity (Wildman–Crippen MR) is 133 cm³/mol. The lowest BCUT2D eigenvalue weighted by Crippen LogP contribution is -2.36. The summed E-state index contributed by atoms with van der Waals surface area (Å²) in [6, 6.07) is 6.42. The first-order chi connectivity index (χ1) is 16.1. The lowest BCUT2D eigenvalue weighted by molar-refractivity contribution is 0.485. The van der Waals surface area contributed by atoms with Crippen molar-refractivity contribution < 1.29 is 12.8 Å². The molecule has 0 spiro atoms. The Kier molecular flexibility index (Phi) is 6.78. The number of hydrogen-bond donors (Lipinski definition) is 2. The van der Waals surface area contributed by atoms with Gasteiger partial charge in [-0.25, -0.2) is 12.8 Å². The Balaban J connectivity index is 1.63. The van der Waals surface area contributed by atoms with Crippen molar-refractivity contribution >= 4 is 20.7 Å². The second-order valence-electron chi connectivity index (χ2n) is 9.28. The second-order valence-corrected chi connectivity index (χ2v) is 12.0. The summed E-state index contributed by atoms with van der Waals surface area (Å²) in [5.41, 5.74) is 8.42. The summed E-state index contributed by atoms with van der Waals surface area (Å²) < 4.78 is 41.6. The molecule has 3 unspecified atom stereocenters. The Bertz CT molecular complexity index is 1390. The lowest BCUT2D eigenvalue weighted by atomic mass is 9.86. The predicted octanol–water partition coefficient (Wildman–Crippen LogP) is 3.89. The second kappa shape index (κ2) is 9.46. The molecule has 1 aliphatic carbocycles. The number of aromatic nitrogens is 3. The van der Waals surface area contributed by atoms with Crippen molar-refractivity contribution in [3.8, 4) is 11.3 Å². The molecule has 0 radical (unpaired) electrons. The number of fused-ring (bicyclic) bond motifs is 1. The van der Waals surface area contributed by atoms with E-state index >= 15 is 0 Å². The van der Waals surface area contributed by atoms with E-state index in [1.165, 1.54) is 12.3 Å². The third-order valence-electron chi connectivity index (χ3n) is 6.68. The van der Waals surface area contributed by atoms with Crippen molar-refractivity contribution in [3.05, 3.63) is 64.3 Å². The van der Waals surface area contributed by atoms with Gasteiger partial charge in [-0.1, -0.05) is 18.2 Å². The fourth-order valence-electron chi connectivity index (χ4n) is 4.69. The average molecular weight is 487 g/mol. The molecule has 1 aromatic carbocycles. The van der Waals surface area contributed by atoms with Crippen LogP contribution in [-0.4, -0.2) is 39.7 Å². The molecule has 34 heavy (non-hydrogen) atoms. The molecule has 0 saturated heterocycles. The summed E-state index contributed by atoms with van der Waals surface area (Å²) in [5, 5.41) is 3.57. The molecular formula is C25H31FN4O3S. The maximum atomic E-state index is 14.6. The van der Waals surface area contributed by atoms with Crippen LogP contribution in [0.25, 0.3) is 22.2 Å². The topological polar surface area (TPSA) is 111 Å². The van der Waals surface area contributed by atoms with Crippen LogP contribution < -0.4 is 11.3 Å². The number of hydrogen-bond acceptors (Lipinski definition) is 5. The van der Waals surface area contributed by atoms with Crippen LogP contribution in [0.5, 0.6) is 0 Å². The van der Waals surface area contributed by atoms with Crippen molar-refractivity contribution in [2.45, 2.75) is 69.0 Å². The molecule has 0 aliphatic heterocycles. The van der Waals surface area contributed by atoms with E-state index < -0.39 is 20.3 Å².